The van der Waals surface area contributed by atoms with E-state index in [1.165, 1.54) is 0 Å². The number of rotatable bonds is 7. The van der Waals surface area contributed by atoms with Crippen LogP contribution in [0.2, 0.25) is 0 Å². The third-order valence-electron chi connectivity index (χ3n) is 3.79. The molecular formula is C17H23NO2. The summed E-state index contributed by atoms with van der Waals surface area (Å²) in [7, 11) is 0. The quantitative estimate of drug-likeness (QED) is 0.810. The summed E-state index contributed by atoms with van der Waals surface area (Å²) in [6, 6.07) is 14.0. The zero-order valence-corrected chi connectivity index (χ0v) is 12.2. The predicted octanol–water partition coefficient (Wildman–Crippen LogP) is 3.59. The number of furan rings is 1. The molecule has 0 radical (unpaired) electrons. The molecule has 1 aromatic heterocycles. The van der Waals surface area contributed by atoms with Crippen molar-refractivity contribution in [2.24, 2.45) is 0 Å². The Morgan fingerprint density at radius 2 is 1.75 bits per heavy atom. The van der Waals surface area contributed by atoms with Crippen molar-refractivity contribution < 1.29 is 9.52 Å². The highest BCUT2D eigenvalue weighted by Gasteiger charge is 2.21. The van der Waals surface area contributed by atoms with Gasteiger partial charge in [0.05, 0.1) is 12.1 Å². The van der Waals surface area contributed by atoms with Crippen LogP contribution >= 0.6 is 0 Å². The van der Waals surface area contributed by atoms with Gasteiger partial charge in [-0.25, -0.2) is 0 Å². The molecule has 0 saturated carbocycles. The third kappa shape index (κ3) is 3.71. The molecule has 2 aromatic rings. The van der Waals surface area contributed by atoms with E-state index < -0.39 is 5.60 Å². The molecule has 0 fully saturated rings. The van der Waals surface area contributed by atoms with Crippen molar-refractivity contribution in [2.75, 3.05) is 6.54 Å². The van der Waals surface area contributed by atoms with Gasteiger partial charge in [0.2, 0.25) is 0 Å². The Morgan fingerprint density at radius 1 is 1.05 bits per heavy atom. The van der Waals surface area contributed by atoms with E-state index in [0.717, 1.165) is 29.9 Å². The van der Waals surface area contributed by atoms with Crippen LogP contribution in [0.1, 0.15) is 32.4 Å². The Labute approximate surface area is 120 Å². The molecule has 0 aliphatic rings. The first kappa shape index (κ1) is 14.8. The van der Waals surface area contributed by atoms with Gasteiger partial charge in [0.1, 0.15) is 11.5 Å². The second-order valence-corrected chi connectivity index (χ2v) is 5.17. The molecule has 0 aliphatic heterocycles. The molecule has 20 heavy (non-hydrogen) atoms. The van der Waals surface area contributed by atoms with Gasteiger partial charge in [-0.3, -0.25) is 0 Å². The maximum Gasteiger partial charge on any atom is 0.134 e. The minimum Gasteiger partial charge on any atom is -0.460 e. The summed E-state index contributed by atoms with van der Waals surface area (Å²) < 4.78 is 5.81. The van der Waals surface area contributed by atoms with E-state index in [4.69, 9.17) is 4.42 Å². The largest absolute Gasteiger partial charge is 0.460 e. The monoisotopic (exact) mass is 273 g/mol. The Morgan fingerprint density at radius 3 is 2.40 bits per heavy atom. The van der Waals surface area contributed by atoms with Crippen molar-refractivity contribution in [3.8, 4) is 11.3 Å². The minimum atomic E-state index is -0.616. The molecule has 1 aromatic carbocycles. The highest BCUT2D eigenvalue weighted by atomic mass is 16.3. The fraction of sp³-hybridized carbons (Fsp3) is 0.412. The molecule has 0 unspecified atom stereocenters. The molecule has 0 amide bonds. The van der Waals surface area contributed by atoms with E-state index in [9.17, 15) is 5.11 Å². The van der Waals surface area contributed by atoms with Crippen molar-refractivity contribution in [1.29, 1.82) is 0 Å². The van der Waals surface area contributed by atoms with Gasteiger partial charge in [-0.2, -0.15) is 0 Å². The minimum absolute atomic E-state index is 0.585. The van der Waals surface area contributed by atoms with E-state index in [0.29, 0.717) is 13.1 Å². The molecule has 3 heteroatoms. The predicted molar refractivity (Wildman–Crippen MR) is 81.4 cm³/mol. The molecule has 3 nitrogen and oxygen atoms in total. The van der Waals surface area contributed by atoms with Crippen LogP contribution in [0.3, 0.4) is 0 Å². The Hall–Kier alpha value is -1.58. The Balaban J connectivity index is 1.91. The maximum absolute atomic E-state index is 10.2. The first-order chi connectivity index (χ1) is 9.67. The van der Waals surface area contributed by atoms with Gasteiger partial charge in [-0.15, -0.1) is 0 Å². The average molecular weight is 273 g/mol. The molecule has 0 atom stereocenters. The van der Waals surface area contributed by atoms with Crippen LogP contribution in [0.15, 0.2) is 46.9 Å². The van der Waals surface area contributed by atoms with Crippen LogP contribution < -0.4 is 5.32 Å². The fourth-order valence-corrected chi connectivity index (χ4v) is 2.15. The zero-order chi connectivity index (χ0) is 14.4. The van der Waals surface area contributed by atoms with E-state index in [1.807, 2.05) is 56.3 Å². The average Bonchev–Trinajstić information content (AvgIpc) is 2.97. The molecule has 0 saturated heterocycles. The zero-order valence-electron chi connectivity index (χ0n) is 12.2. The summed E-state index contributed by atoms with van der Waals surface area (Å²) in [6.07, 6.45) is 1.51. The summed E-state index contributed by atoms with van der Waals surface area (Å²) in [6.45, 7) is 5.23. The molecule has 108 valence electrons. The molecule has 0 spiro atoms. The molecule has 0 bridgehead atoms. The highest BCUT2D eigenvalue weighted by molar-refractivity contribution is 5.57. The van der Waals surface area contributed by atoms with Crippen LogP contribution in [0.4, 0.5) is 0 Å². The molecular weight excluding hydrogens is 250 g/mol. The van der Waals surface area contributed by atoms with Crippen molar-refractivity contribution >= 4 is 0 Å². The van der Waals surface area contributed by atoms with Gasteiger partial charge in [0.15, 0.2) is 0 Å². The first-order valence-electron chi connectivity index (χ1n) is 7.24. The van der Waals surface area contributed by atoms with E-state index >= 15 is 0 Å². The number of nitrogens with one attached hydrogen (secondary N) is 1. The molecule has 2 rings (SSSR count). The van der Waals surface area contributed by atoms with E-state index in [1.54, 1.807) is 0 Å². The van der Waals surface area contributed by atoms with E-state index in [-0.39, 0.29) is 0 Å². The lowest BCUT2D eigenvalue weighted by atomic mass is 9.98. The van der Waals surface area contributed by atoms with Crippen LogP contribution in [0.25, 0.3) is 11.3 Å². The summed E-state index contributed by atoms with van der Waals surface area (Å²) in [5.41, 5.74) is 0.465. The smallest absolute Gasteiger partial charge is 0.134 e. The van der Waals surface area contributed by atoms with Gasteiger partial charge in [0, 0.05) is 12.1 Å². The summed E-state index contributed by atoms with van der Waals surface area (Å²) >= 11 is 0. The SMILES string of the molecule is CCC(O)(CC)CNCc1ccc(-c2ccccc2)o1. The van der Waals surface area contributed by atoms with Crippen molar-refractivity contribution in [1.82, 2.24) is 5.32 Å². The van der Waals surface area contributed by atoms with Crippen LogP contribution in [-0.2, 0) is 6.54 Å². The number of benzene rings is 1. The van der Waals surface area contributed by atoms with Crippen molar-refractivity contribution in [3.63, 3.8) is 0 Å². The van der Waals surface area contributed by atoms with Gasteiger partial charge in [-0.05, 0) is 25.0 Å². The normalized spacial score (nSPS) is 11.8. The third-order valence-corrected chi connectivity index (χ3v) is 3.79. The van der Waals surface area contributed by atoms with Crippen molar-refractivity contribution in [2.45, 2.75) is 38.8 Å². The second-order valence-electron chi connectivity index (χ2n) is 5.17. The highest BCUT2D eigenvalue weighted by Crippen LogP contribution is 2.21. The van der Waals surface area contributed by atoms with Gasteiger partial charge >= 0.3 is 0 Å². The van der Waals surface area contributed by atoms with Gasteiger partial charge < -0.3 is 14.8 Å². The molecule has 0 aliphatic carbocycles. The number of aliphatic hydroxyl groups is 1. The lowest BCUT2D eigenvalue weighted by Gasteiger charge is -2.25. The lowest BCUT2D eigenvalue weighted by Crippen LogP contribution is -2.39. The maximum atomic E-state index is 10.2. The summed E-state index contributed by atoms with van der Waals surface area (Å²) in [4.78, 5) is 0. The Kier molecular flexibility index (Phi) is 4.99. The van der Waals surface area contributed by atoms with Gasteiger partial charge in [-0.1, -0.05) is 44.2 Å². The van der Waals surface area contributed by atoms with Crippen LogP contribution in [-0.4, -0.2) is 17.3 Å². The summed E-state index contributed by atoms with van der Waals surface area (Å²) in [5.74, 6) is 1.77. The number of hydrogen-bond donors (Lipinski definition) is 2. The first-order valence-corrected chi connectivity index (χ1v) is 7.24. The van der Waals surface area contributed by atoms with Crippen molar-refractivity contribution in [3.05, 3.63) is 48.2 Å². The summed E-state index contributed by atoms with van der Waals surface area (Å²) in [5, 5.41) is 13.5. The van der Waals surface area contributed by atoms with Gasteiger partial charge in [0.25, 0.3) is 0 Å². The molecule has 2 N–H and O–H groups in total. The molecule has 1 heterocycles. The second kappa shape index (κ2) is 6.73. The van der Waals surface area contributed by atoms with E-state index in [2.05, 4.69) is 5.32 Å². The van der Waals surface area contributed by atoms with Crippen LogP contribution in [0.5, 0.6) is 0 Å². The fourth-order valence-electron chi connectivity index (χ4n) is 2.15. The number of hydrogen-bond acceptors (Lipinski definition) is 3. The Bertz CT molecular complexity index is 515. The standard InChI is InChI=1S/C17H23NO2/c1-3-17(19,4-2)13-18-12-15-10-11-16(20-15)14-8-6-5-7-9-14/h5-11,18-19H,3-4,12-13H2,1-2H3. The van der Waals surface area contributed by atoms with Crippen LogP contribution in [0, 0.1) is 0 Å². The topological polar surface area (TPSA) is 45.4 Å². The lowest BCUT2D eigenvalue weighted by molar-refractivity contribution is 0.0319.